The minimum atomic E-state index is -3.31. The molecular formula is C15H18N2O3S. The molecule has 0 saturated carbocycles. The topological polar surface area (TPSA) is 68.3 Å². The summed E-state index contributed by atoms with van der Waals surface area (Å²) in [5.41, 5.74) is 0. The smallest absolute Gasteiger partial charge is 0.179 e. The molecule has 2 aromatic rings. The molecule has 0 amide bonds. The number of ether oxygens (including phenoxy) is 1. The monoisotopic (exact) mass is 306 g/mol. The molecule has 2 rings (SSSR count). The number of rotatable bonds is 6. The molecule has 1 atom stereocenters. The summed E-state index contributed by atoms with van der Waals surface area (Å²) >= 11 is 0. The van der Waals surface area contributed by atoms with Gasteiger partial charge in [-0.2, -0.15) is 0 Å². The largest absolute Gasteiger partial charge is 0.489 e. The lowest BCUT2D eigenvalue weighted by atomic mass is 10.3. The van der Waals surface area contributed by atoms with Crippen LogP contribution in [0, 0.1) is 0 Å². The van der Waals surface area contributed by atoms with Crippen LogP contribution in [0.25, 0.3) is 0 Å². The third-order valence-corrected chi connectivity index (χ3v) is 3.94. The second kappa shape index (κ2) is 6.58. The molecule has 1 N–H and O–H groups in total. The van der Waals surface area contributed by atoms with E-state index in [0.717, 1.165) is 5.75 Å². The van der Waals surface area contributed by atoms with Gasteiger partial charge in [0.1, 0.15) is 22.6 Å². The first-order valence-corrected chi connectivity index (χ1v) is 8.46. The van der Waals surface area contributed by atoms with E-state index in [1.807, 2.05) is 37.3 Å². The van der Waals surface area contributed by atoms with E-state index < -0.39 is 9.84 Å². The highest BCUT2D eigenvalue weighted by Crippen LogP contribution is 2.18. The van der Waals surface area contributed by atoms with Crippen LogP contribution in [0.3, 0.4) is 0 Å². The Morgan fingerprint density at radius 2 is 1.90 bits per heavy atom. The third-order valence-electron chi connectivity index (χ3n) is 2.81. The van der Waals surface area contributed by atoms with E-state index in [4.69, 9.17) is 4.74 Å². The van der Waals surface area contributed by atoms with Crippen LogP contribution >= 0.6 is 0 Å². The van der Waals surface area contributed by atoms with E-state index in [2.05, 4.69) is 10.3 Å². The van der Waals surface area contributed by atoms with E-state index in [-0.39, 0.29) is 11.0 Å². The van der Waals surface area contributed by atoms with Gasteiger partial charge in [0.2, 0.25) is 0 Å². The minimum Gasteiger partial charge on any atom is -0.489 e. The van der Waals surface area contributed by atoms with Gasteiger partial charge in [-0.1, -0.05) is 18.2 Å². The lowest BCUT2D eigenvalue weighted by Crippen LogP contribution is -2.23. The number of anilines is 1. The first kappa shape index (κ1) is 15.3. The summed E-state index contributed by atoms with van der Waals surface area (Å²) in [5.74, 6) is 1.12. The Morgan fingerprint density at radius 3 is 2.57 bits per heavy atom. The number of nitrogens with one attached hydrogen (secondary N) is 1. The molecule has 6 heteroatoms. The second-order valence-electron chi connectivity index (χ2n) is 4.74. The number of nitrogens with zero attached hydrogens (tertiary/aromatic N) is 1. The highest BCUT2D eigenvalue weighted by molar-refractivity contribution is 7.90. The van der Waals surface area contributed by atoms with Gasteiger partial charge in [-0.15, -0.1) is 0 Å². The Balaban J connectivity index is 2.00. The Morgan fingerprint density at radius 1 is 1.19 bits per heavy atom. The maximum absolute atomic E-state index is 11.7. The molecular weight excluding hydrogens is 288 g/mol. The fourth-order valence-electron chi connectivity index (χ4n) is 1.84. The zero-order valence-electron chi connectivity index (χ0n) is 12.0. The molecule has 0 aliphatic carbocycles. The third kappa shape index (κ3) is 4.46. The van der Waals surface area contributed by atoms with Crippen molar-refractivity contribution in [1.82, 2.24) is 4.98 Å². The normalized spacial score (nSPS) is 12.7. The van der Waals surface area contributed by atoms with Gasteiger partial charge in [-0.3, -0.25) is 0 Å². The summed E-state index contributed by atoms with van der Waals surface area (Å²) in [6, 6.07) is 12.6. The van der Waals surface area contributed by atoms with E-state index in [9.17, 15) is 8.42 Å². The number of benzene rings is 1. The maximum Gasteiger partial charge on any atom is 0.179 e. The molecule has 0 aliphatic rings. The molecule has 5 nitrogen and oxygen atoms in total. The van der Waals surface area contributed by atoms with E-state index in [0.29, 0.717) is 12.4 Å². The summed E-state index contributed by atoms with van der Waals surface area (Å²) in [6.07, 6.45) is 2.60. The van der Waals surface area contributed by atoms with Gasteiger partial charge in [0, 0.05) is 12.5 Å². The van der Waals surface area contributed by atoms with Gasteiger partial charge in [0.05, 0.1) is 6.54 Å². The molecule has 0 aliphatic heterocycles. The molecule has 1 aromatic carbocycles. The SMILES string of the molecule is CC(CNc1ncccc1S(C)(=O)=O)Oc1ccccc1. The Labute approximate surface area is 124 Å². The van der Waals surface area contributed by atoms with Crippen molar-refractivity contribution in [2.45, 2.75) is 17.9 Å². The quantitative estimate of drug-likeness (QED) is 0.887. The fourth-order valence-corrected chi connectivity index (χ4v) is 2.64. The average molecular weight is 306 g/mol. The number of sulfone groups is 1. The highest BCUT2D eigenvalue weighted by atomic mass is 32.2. The van der Waals surface area contributed by atoms with Crippen LogP contribution in [-0.2, 0) is 9.84 Å². The van der Waals surface area contributed by atoms with Crippen LogP contribution in [0.15, 0.2) is 53.6 Å². The average Bonchev–Trinajstić information content (AvgIpc) is 2.45. The number of aromatic nitrogens is 1. The molecule has 0 radical (unpaired) electrons. The standard InChI is InChI=1S/C15H18N2O3S/c1-12(20-13-7-4-3-5-8-13)11-17-15-14(21(2,18)19)9-6-10-16-15/h3-10,12H,11H2,1-2H3,(H,16,17). The van der Waals surface area contributed by atoms with Crippen molar-refractivity contribution >= 4 is 15.7 Å². The van der Waals surface area contributed by atoms with Crippen molar-refractivity contribution in [3.63, 3.8) is 0 Å². The van der Waals surface area contributed by atoms with E-state index >= 15 is 0 Å². The van der Waals surface area contributed by atoms with Crippen LogP contribution in [-0.4, -0.2) is 32.3 Å². The lowest BCUT2D eigenvalue weighted by Gasteiger charge is -2.16. The maximum atomic E-state index is 11.7. The van der Waals surface area contributed by atoms with Crippen LogP contribution < -0.4 is 10.1 Å². The van der Waals surface area contributed by atoms with Crippen LogP contribution in [0.1, 0.15) is 6.92 Å². The van der Waals surface area contributed by atoms with Gasteiger partial charge in [0.25, 0.3) is 0 Å². The lowest BCUT2D eigenvalue weighted by molar-refractivity contribution is 0.234. The zero-order valence-corrected chi connectivity index (χ0v) is 12.8. The second-order valence-corrected chi connectivity index (χ2v) is 6.73. The van der Waals surface area contributed by atoms with Crippen molar-refractivity contribution in [2.24, 2.45) is 0 Å². The van der Waals surface area contributed by atoms with Gasteiger partial charge in [-0.05, 0) is 31.2 Å². The van der Waals surface area contributed by atoms with Crippen molar-refractivity contribution in [1.29, 1.82) is 0 Å². The number of hydrogen-bond donors (Lipinski definition) is 1. The molecule has 0 fully saturated rings. The fraction of sp³-hybridized carbons (Fsp3) is 0.267. The Hall–Kier alpha value is -2.08. The summed E-state index contributed by atoms with van der Waals surface area (Å²) in [4.78, 5) is 4.27. The molecule has 21 heavy (non-hydrogen) atoms. The number of hydrogen-bond acceptors (Lipinski definition) is 5. The number of para-hydroxylation sites is 1. The van der Waals surface area contributed by atoms with Crippen LogP contribution in [0.5, 0.6) is 5.75 Å². The molecule has 1 heterocycles. The first-order chi connectivity index (χ1) is 9.97. The van der Waals surface area contributed by atoms with Crippen LogP contribution in [0.2, 0.25) is 0 Å². The summed E-state index contributed by atoms with van der Waals surface area (Å²) in [6.45, 7) is 2.36. The molecule has 0 saturated heterocycles. The Bertz CT molecular complexity index is 687. The molecule has 1 unspecified atom stereocenters. The summed E-state index contributed by atoms with van der Waals surface area (Å²) in [7, 11) is -3.31. The predicted octanol–water partition coefficient (Wildman–Crippen LogP) is 2.36. The zero-order chi connectivity index (χ0) is 15.3. The van der Waals surface area contributed by atoms with Crippen molar-refractivity contribution in [3.8, 4) is 5.75 Å². The van der Waals surface area contributed by atoms with Gasteiger partial charge >= 0.3 is 0 Å². The van der Waals surface area contributed by atoms with Gasteiger partial charge in [0.15, 0.2) is 9.84 Å². The molecule has 0 bridgehead atoms. The van der Waals surface area contributed by atoms with Gasteiger partial charge < -0.3 is 10.1 Å². The first-order valence-electron chi connectivity index (χ1n) is 6.57. The molecule has 112 valence electrons. The highest BCUT2D eigenvalue weighted by Gasteiger charge is 2.14. The van der Waals surface area contributed by atoms with Crippen molar-refractivity contribution < 1.29 is 13.2 Å². The Kier molecular flexibility index (Phi) is 4.80. The number of pyridine rings is 1. The van der Waals surface area contributed by atoms with Crippen molar-refractivity contribution in [2.75, 3.05) is 18.1 Å². The van der Waals surface area contributed by atoms with Gasteiger partial charge in [-0.25, -0.2) is 13.4 Å². The minimum absolute atomic E-state index is 0.123. The predicted molar refractivity (Wildman–Crippen MR) is 82.4 cm³/mol. The van der Waals surface area contributed by atoms with E-state index in [1.54, 1.807) is 12.3 Å². The molecule has 1 aromatic heterocycles. The van der Waals surface area contributed by atoms with Crippen LogP contribution in [0.4, 0.5) is 5.82 Å². The van der Waals surface area contributed by atoms with E-state index in [1.165, 1.54) is 12.3 Å². The molecule has 0 spiro atoms. The summed E-state index contributed by atoms with van der Waals surface area (Å²) < 4.78 is 29.1. The van der Waals surface area contributed by atoms with Crippen molar-refractivity contribution in [3.05, 3.63) is 48.7 Å². The summed E-state index contributed by atoms with van der Waals surface area (Å²) in [5, 5.41) is 3.02.